The zero-order valence-corrected chi connectivity index (χ0v) is 15.9. The minimum Gasteiger partial charge on any atom is -0.465 e. The van der Waals surface area contributed by atoms with Gasteiger partial charge in [-0.25, -0.2) is 0 Å². The van der Waals surface area contributed by atoms with E-state index in [-0.39, 0.29) is 5.78 Å². The first-order chi connectivity index (χ1) is 11.2. The molecule has 24 heavy (non-hydrogen) atoms. The van der Waals surface area contributed by atoms with Gasteiger partial charge in [0.25, 0.3) is 0 Å². The number of rotatable bonds is 0. The van der Waals surface area contributed by atoms with E-state index < -0.39 is 23.4 Å². The molecule has 0 saturated heterocycles. The molecule has 0 aromatic rings. The van der Waals surface area contributed by atoms with Crippen LogP contribution >= 0.6 is 0 Å². The molecule has 0 fully saturated rings. The van der Waals surface area contributed by atoms with Crippen LogP contribution in [-0.2, 0) is 14.3 Å². The molecule has 0 amide bonds. The molecular weight excluding hydrogens is 304 g/mol. The summed E-state index contributed by atoms with van der Waals surface area (Å²) in [5.74, 6) is -0.635. The van der Waals surface area contributed by atoms with Crippen molar-refractivity contribution in [3.63, 3.8) is 0 Å². The van der Waals surface area contributed by atoms with Crippen LogP contribution in [-0.4, -0.2) is 29.6 Å². The minimum atomic E-state index is -1.03. The van der Waals surface area contributed by atoms with Gasteiger partial charge in [-0.05, 0) is 45.4 Å². The Hall–Kier alpha value is -1.16. The first kappa shape index (κ1) is 20.9. The van der Waals surface area contributed by atoms with E-state index in [1.807, 2.05) is 0 Å². The van der Waals surface area contributed by atoms with Gasteiger partial charge in [-0.3, -0.25) is 9.59 Å². The van der Waals surface area contributed by atoms with Crippen molar-refractivity contribution in [1.82, 2.24) is 0 Å². The van der Waals surface area contributed by atoms with Gasteiger partial charge in [-0.2, -0.15) is 0 Å². The molecule has 4 heteroatoms. The van der Waals surface area contributed by atoms with Crippen molar-refractivity contribution < 1.29 is 19.4 Å². The molecule has 0 spiro atoms. The predicted octanol–water partition coefficient (Wildman–Crippen LogP) is 4.06. The SMILES string of the molecule is C/C1=C/CCOC(=O)C(C)C(O)C(C)(C)C(=O)CCC(C)CCC1. The topological polar surface area (TPSA) is 63.6 Å². The van der Waals surface area contributed by atoms with Crippen molar-refractivity contribution in [3.8, 4) is 0 Å². The normalized spacial score (nSPS) is 33.4. The van der Waals surface area contributed by atoms with Gasteiger partial charge in [0.05, 0.1) is 24.0 Å². The first-order valence-corrected chi connectivity index (χ1v) is 9.20. The number of Topliss-reactive ketones (excluding diaryl/α,β-unsaturated/α-hetero) is 1. The maximum absolute atomic E-state index is 12.6. The Kier molecular flexibility index (Phi) is 8.14. The van der Waals surface area contributed by atoms with Crippen LogP contribution in [0.25, 0.3) is 0 Å². The number of aliphatic hydroxyl groups excluding tert-OH is 1. The third kappa shape index (κ3) is 6.04. The number of carbonyl (C=O) groups is 2. The number of hydrogen-bond donors (Lipinski definition) is 1. The maximum Gasteiger partial charge on any atom is 0.311 e. The number of ether oxygens (including phenoxy) is 1. The zero-order valence-electron chi connectivity index (χ0n) is 15.9. The van der Waals surface area contributed by atoms with Crippen LogP contribution in [0, 0.1) is 17.3 Å². The molecule has 138 valence electrons. The number of cyclic esters (lactones) is 1. The van der Waals surface area contributed by atoms with Crippen molar-refractivity contribution in [2.75, 3.05) is 6.61 Å². The quantitative estimate of drug-likeness (QED) is 0.534. The van der Waals surface area contributed by atoms with E-state index in [2.05, 4.69) is 19.9 Å². The molecule has 0 radical (unpaired) electrons. The van der Waals surface area contributed by atoms with E-state index in [1.54, 1.807) is 20.8 Å². The summed E-state index contributed by atoms with van der Waals surface area (Å²) in [7, 11) is 0. The molecule has 1 aliphatic rings. The van der Waals surface area contributed by atoms with Crippen LogP contribution in [0.15, 0.2) is 11.6 Å². The number of carbonyl (C=O) groups excluding carboxylic acids is 2. The van der Waals surface area contributed by atoms with Crippen molar-refractivity contribution in [2.24, 2.45) is 17.3 Å². The molecule has 0 aromatic heterocycles. The van der Waals surface area contributed by atoms with Crippen molar-refractivity contribution in [1.29, 1.82) is 0 Å². The molecular formula is C20H34O4. The van der Waals surface area contributed by atoms with Crippen LogP contribution in [0.2, 0.25) is 0 Å². The summed E-state index contributed by atoms with van der Waals surface area (Å²) in [5, 5.41) is 10.5. The van der Waals surface area contributed by atoms with Crippen molar-refractivity contribution >= 4 is 11.8 Å². The molecule has 0 aliphatic carbocycles. The Morgan fingerprint density at radius 2 is 1.83 bits per heavy atom. The lowest BCUT2D eigenvalue weighted by Crippen LogP contribution is -2.44. The molecule has 0 saturated carbocycles. The van der Waals surface area contributed by atoms with Crippen LogP contribution < -0.4 is 0 Å². The average molecular weight is 338 g/mol. The third-order valence-electron chi connectivity index (χ3n) is 5.29. The minimum absolute atomic E-state index is 0.0182. The van der Waals surface area contributed by atoms with E-state index in [0.717, 1.165) is 25.7 Å². The van der Waals surface area contributed by atoms with E-state index >= 15 is 0 Å². The second-order valence-electron chi connectivity index (χ2n) is 7.92. The summed E-state index contributed by atoms with van der Waals surface area (Å²) in [6, 6.07) is 0. The Morgan fingerprint density at radius 3 is 2.50 bits per heavy atom. The largest absolute Gasteiger partial charge is 0.465 e. The summed E-state index contributed by atoms with van der Waals surface area (Å²) < 4.78 is 5.26. The lowest BCUT2D eigenvalue weighted by atomic mass is 9.75. The van der Waals surface area contributed by atoms with E-state index in [0.29, 0.717) is 25.4 Å². The smallest absolute Gasteiger partial charge is 0.311 e. The van der Waals surface area contributed by atoms with E-state index in [1.165, 1.54) is 5.57 Å². The second-order valence-corrected chi connectivity index (χ2v) is 7.92. The number of ketones is 1. The summed E-state index contributed by atoms with van der Waals surface area (Å²) in [5.41, 5.74) is 0.377. The highest BCUT2D eigenvalue weighted by Gasteiger charge is 2.41. The van der Waals surface area contributed by atoms with Gasteiger partial charge in [0.15, 0.2) is 0 Å². The van der Waals surface area contributed by atoms with Crippen LogP contribution in [0.5, 0.6) is 0 Å². The Bertz CT molecular complexity index is 464. The fourth-order valence-electron chi connectivity index (χ4n) is 3.19. The van der Waals surface area contributed by atoms with Crippen LogP contribution in [0.4, 0.5) is 0 Å². The third-order valence-corrected chi connectivity index (χ3v) is 5.29. The van der Waals surface area contributed by atoms with Gasteiger partial charge in [-0.1, -0.05) is 38.8 Å². The molecule has 3 atom stereocenters. The molecule has 0 bridgehead atoms. The van der Waals surface area contributed by atoms with Crippen molar-refractivity contribution in [3.05, 3.63) is 11.6 Å². The average Bonchev–Trinajstić information content (AvgIpc) is 2.53. The summed E-state index contributed by atoms with van der Waals surface area (Å²) in [6.07, 6.45) is 6.33. The molecule has 3 unspecified atom stereocenters. The first-order valence-electron chi connectivity index (χ1n) is 9.20. The van der Waals surface area contributed by atoms with Gasteiger partial charge in [0.2, 0.25) is 0 Å². The Labute approximate surface area is 146 Å². The zero-order chi connectivity index (χ0) is 18.3. The highest BCUT2D eigenvalue weighted by Crippen LogP contribution is 2.31. The lowest BCUT2D eigenvalue weighted by molar-refractivity contribution is -0.156. The highest BCUT2D eigenvalue weighted by atomic mass is 16.5. The Balaban J connectivity index is 2.87. The van der Waals surface area contributed by atoms with Crippen molar-refractivity contribution in [2.45, 2.75) is 79.2 Å². The fourth-order valence-corrected chi connectivity index (χ4v) is 3.19. The second kappa shape index (κ2) is 9.36. The summed E-state index contributed by atoms with van der Waals surface area (Å²) in [6.45, 7) is 9.69. The van der Waals surface area contributed by atoms with E-state index in [9.17, 15) is 14.7 Å². The number of allylic oxidation sites excluding steroid dienone is 1. The molecule has 1 heterocycles. The van der Waals surface area contributed by atoms with Gasteiger partial charge in [0, 0.05) is 6.42 Å². The van der Waals surface area contributed by atoms with E-state index in [4.69, 9.17) is 4.74 Å². The Morgan fingerprint density at radius 1 is 1.17 bits per heavy atom. The molecule has 4 nitrogen and oxygen atoms in total. The monoisotopic (exact) mass is 338 g/mol. The van der Waals surface area contributed by atoms with Crippen LogP contribution in [0.3, 0.4) is 0 Å². The highest BCUT2D eigenvalue weighted by molar-refractivity contribution is 5.85. The molecule has 0 aromatic carbocycles. The predicted molar refractivity (Wildman–Crippen MR) is 95.5 cm³/mol. The number of aliphatic hydroxyl groups is 1. The molecule has 1 aliphatic heterocycles. The van der Waals surface area contributed by atoms with Gasteiger partial charge in [-0.15, -0.1) is 0 Å². The maximum atomic E-state index is 12.6. The standard InChI is InChI=1S/C20H34O4/c1-14-8-6-9-15(2)11-12-17(21)20(4,5)18(22)16(3)19(23)24-13-7-10-14/h10,15-16,18,22H,6-9,11-13H2,1-5H3/b14-10-. The summed E-state index contributed by atoms with van der Waals surface area (Å²) >= 11 is 0. The molecule has 1 rings (SSSR count). The molecule has 1 N–H and O–H groups in total. The number of esters is 1. The van der Waals surface area contributed by atoms with Gasteiger partial charge < -0.3 is 9.84 Å². The van der Waals surface area contributed by atoms with Crippen LogP contribution in [0.1, 0.15) is 73.1 Å². The lowest BCUT2D eigenvalue weighted by Gasteiger charge is -2.32. The number of hydrogen-bond acceptors (Lipinski definition) is 4. The fraction of sp³-hybridized carbons (Fsp3) is 0.800. The summed E-state index contributed by atoms with van der Waals surface area (Å²) in [4.78, 5) is 24.7. The van der Waals surface area contributed by atoms with Gasteiger partial charge in [0.1, 0.15) is 5.78 Å². The van der Waals surface area contributed by atoms with Gasteiger partial charge >= 0.3 is 5.97 Å².